The molecule has 1 aliphatic heterocycles. The third-order valence-electron chi connectivity index (χ3n) is 4.95. The van der Waals surface area contributed by atoms with E-state index in [1.165, 1.54) is 11.1 Å². The number of hydrogen-bond acceptors (Lipinski definition) is 5. The number of anilines is 1. The van der Waals surface area contributed by atoms with Gasteiger partial charge >= 0.3 is 0 Å². The molecule has 1 aromatic heterocycles. The van der Waals surface area contributed by atoms with Crippen LogP contribution in [-0.2, 0) is 10.0 Å². The highest BCUT2D eigenvalue weighted by atomic mass is 79.9. The van der Waals surface area contributed by atoms with Crippen molar-refractivity contribution in [3.05, 3.63) is 63.4 Å². The Morgan fingerprint density at radius 1 is 1.00 bits per heavy atom. The Balaban J connectivity index is 1.47. The fraction of sp³-hybridized carbons (Fsp3) is 0.286. The van der Waals surface area contributed by atoms with Crippen molar-refractivity contribution in [1.29, 1.82) is 0 Å². The average Bonchev–Trinajstić information content (AvgIpc) is 3.18. The van der Waals surface area contributed by atoms with Crippen molar-refractivity contribution in [3.63, 3.8) is 0 Å². The summed E-state index contributed by atoms with van der Waals surface area (Å²) < 4.78 is 28.1. The second-order valence-electron chi connectivity index (χ2n) is 7.24. The van der Waals surface area contributed by atoms with E-state index in [1.54, 1.807) is 33.8 Å². The minimum Gasteiger partial charge on any atom is -0.345 e. The molecule has 0 saturated carbocycles. The summed E-state index contributed by atoms with van der Waals surface area (Å²) in [5, 5.41) is 3.02. The van der Waals surface area contributed by atoms with Gasteiger partial charge in [-0.2, -0.15) is 4.31 Å². The molecule has 0 bridgehead atoms. The number of hydrogen-bond donors (Lipinski definition) is 0. The van der Waals surface area contributed by atoms with Crippen molar-refractivity contribution < 1.29 is 8.42 Å². The lowest BCUT2D eigenvalue weighted by Gasteiger charge is -2.33. The third-order valence-corrected chi connectivity index (χ3v) is 8.24. The van der Waals surface area contributed by atoms with Gasteiger partial charge < -0.3 is 4.90 Å². The zero-order valence-electron chi connectivity index (χ0n) is 16.3. The number of sulfonamides is 1. The number of aryl methyl sites for hydroxylation is 2. The maximum absolute atomic E-state index is 12.9. The van der Waals surface area contributed by atoms with Crippen LogP contribution in [0.15, 0.2) is 57.2 Å². The van der Waals surface area contributed by atoms with Gasteiger partial charge in [-0.3, -0.25) is 0 Å². The normalized spacial score (nSPS) is 15.6. The molecule has 8 heteroatoms. The van der Waals surface area contributed by atoms with Crippen LogP contribution in [0.4, 0.5) is 5.13 Å². The van der Waals surface area contributed by atoms with Crippen LogP contribution in [0.5, 0.6) is 0 Å². The van der Waals surface area contributed by atoms with Crippen LogP contribution >= 0.6 is 27.3 Å². The van der Waals surface area contributed by atoms with Crippen molar-refractivity contribution in [1.82, 2.24) is 9.29 Å². The maximum Gasteiger partial charge on any atom is 0.243 e. The minimum absolute atomic E-state index is 0.326. The van der Waals surface area contributed by atoms with E-state index in [2.05, 4.69) is 58.3 Å². The molecule has 0 atom stereocenters. The monoisotopic (exact) mass is 491 g/mol. The number of aromatic nitrogens is 1. The molecule has 2 aromatic carbocycles. The van der Waals surface area contributed by atoms with Gasteiger partial charge in [0.25, 0.3) is 0 Å². The topological polar surface area (TPSA) is 53.5 Å². The SMILES string of the molecule is Cc1cc(C)cc(-c2csc(N3CCN(S(=O)(=O)c4cccc(Br)c4)CC3)n2)c1. The van der Waals surface area contributed by atoms with Crippen molar-refractivity contribution in [2.45, 2.75) is 18.7 Å². The van der Waals surface area contributed by atoms with E-state index in [1.807, 2.05) is 6.07 Å². The summed E-state index contributed by atoms with van der Waals surface area (Å²) in [5.41, 5.74) is 4.55. The van der Waals surface area contributed by atoms with E-state index in [4.69, 9.17) is 4.98 Å². The first-order valence-corrected chi connectivity index (χ1v) is 12.5. The smallest absolute Gasteiger partial charge is 0.243 e. The summed E-state index contributed by atoms with van der Waals surface area (Å²) in [6, 6.07) is 13.3. The molecule has 1 aliphatic rings. The van der Waals surface area contributed by atoms with Gasteiger partial charge in [-0.05, 0) is 44.2 Å². The second-order valence-corrected chi connectivity index (χ2v) is 10.9. The fourth-order valence-corrected chi connectivity index (χ4v) is 6.47. The van der Waals surface area contributed by atoms with E-state index >= 15 is 0 Å². The molecule has 0 radical (unpaired) electrons. The third kappa shape index (κ3) is 4.40. The molecular weight excluding hydrogens is 470 g/mol. The summed E-state index contributed by atoms with van der Waals surface area (Å²) in [5.74, 6) is 0. The van der Waals surface area contributed by atoms with Crippen molar-refractivity contribution in [2.24, 2.45) is 0 Å². The van der Waals surface area contributed by atoms with Crippen LogP contribution in [-0.4, -0.2) is 43.9 Å². The molecule has 1 fully saturated rings. The Labute approximate surface area is 184 Å². The molecule has 0 spiro atoms. The molecule has 29 heavy (non-hydrogen) atoms. The molecule has 0 N–H and O–H groups in total. The predicted octanol–water partition coefficient (Wildman–Crippen LogP) is 4.70. The van der Waals surface area contributed by atoms with Crippen molar-refractivity contribution in [2.75, 3.05) is 31.1 Å². The summed E-state index contributed by atoms with van der Waals surface area (Å²) in [6.07, 6.45) is 0. The molecule has 0 unspecified atom stereocenters. The van der Waals surface area contributed by atoms with Crippen LogP contribution in [0, 0.1) is 13.8 Å². The summed E-state index contributed by atoms with van der Waals surface area (Å²) in [4.78, 5) is 7.31. The number of thiazole rings is 1. The summed E-state index contributed by atoms with van der Waals surface area (Å²) in [7, 11) is -3.48. The highest BCUT2D eigenvalue weighted by Crippen LogP contribution is 2.30. The van der Waals surface area contributed by atoms with E-state index in [9.17, 15) is 8.42 Å². The molecule has 5 nitrogen and oxygen atoms in total. The predicted molar refractivity (Wildman–Crippen MR) is 122 cm³/mol. The Hall–Kier alpha value is -1.74. The molecule has 152 valence electrons. The van der Waals surface area contributed by atoms with Gasteiger partial charge in [0.2, 0.25) is 10.0 Å². The highest BCUT2D eigenvalue weighted by Gasteiger charge is 2.29. The van der Waals surface area contributed by atoms with Gasteiger partial charge in [-0.15, -0.1) is 11.3 Å². The second kappa shape index (κ2) is 8.18. The van der Waals surface area contributed by atoms with Gasteiger partial charge in [-0.1, -0.05) is 39.2 Å². The van der Waals surface area contributed by atoms with E-state index in [0.717, 1.165) is 20.9 Å². The molecular formula is C21H22BrN3O2S2. The molecule has 0 aliphatic carbocycles. The van der Waals surface area contributed by atoms with Crippen LogP contribution in [0.3, 0.4) is 0 Å². The summed E-state index contributed by atoms with van der Waals surface area (Å²) >= 11 is 4.96. The van der Waals surface area contributed by atoms with Gasteiger partial charge in [-0.25, -0.2) is 13.4 Å². The first kappa shape index (κ1) is 20.5. The van der Waals surface area contributed by atoms with Crippen LogP contribution in [0.25, 0.3) is 11.3 Å². The molecule has 3 aromatic rings. The van der Waals surface area contributed by atoms with Gasteiger partial charge in [0.1, 0.15) is 0 Å². The van der Waals surface area contributed by atoms with Gasteiger partial charge in [0.15, 0.2) is 5.13 Å². The first-order valence-electron chi connectivity index (χ1n) is 9.38. The fourth-order valence-electron chi connectivity index (χ4n) is 3.56. The molecule has 0 amide bonds. The quantitative estimate of drug-likeness (QED) is 0.530. The maximum atomic E-state index is 12.9. The lowest BCUT2D eigenvalue weighted by atomic mass is 10.1. The number of benzene rings is 2. The van der Waals surface area contributed by atoms with Crippen molar-refractivity contribution >= 4 is 42.4 Å². The largest absolute Gasteiger partial charge is 0.345 e. The Morgan fingerprint density at radius 3 is 2.34 bits per heavy atom. The number of nitrogens with zero attached hydrogens (tertiary/aromatic N) is 3. The van der Waals surface area contributed by atoms with Crippen molar-refractivity contribution in [3.8, 4) is 11.3 Å². The Kier molecular flexibility index (Phi) is 5.79. The zero-order valence-corrected chi connectivity index (χ0v) is 19.5. The average molecular weight is 492 g/mol. The first-order chi connectivity index (χ1) is 13.8. The standard InChI is InChI=1S/C21H22BrN3O2S2/c1-15-10-16(2)12-17(11-15)20-14-28-21(23-20)24-6-8-25(9-7-24)29(26,27)19-5-3-4-18(22)13-19/h3-5,10-14H,6-9H2,1-2H3. The lowest BCUT2D eigenvalue weighted by Crippen LogP contribution is -2.48. The van der Waals surface area contributed by atoms with Gasteiger partial charge in [0.05, 0.1) is 10.6 Å². The van der Waals surface area contributed by atoms with E-state index < -0.39 is 10.0 Å². The Bertz CT molecular complexity index is 1120. The van der Waals surface area contributed by atoms with E-state index in [-0.39, 0.29) is 0 Å². The van der Waals surface area contributed by atoms with Gasteiger partial charge in [0, 0.05) is 41.6 Å². The Morgan fingerprint density at radius 2 is 1.69 bits per heavy atom. The zero-order chi connectivity index (χ0) is 20.6. The summed E-state index contributed by atoms with van der Waals surface area (Å²) in [6.45, 7) is 6.35. The number of piperazine rings is 1. The molecule has 2 heterocycles. The molecule has 1 saturated heterocycles. The van der Waals surface area contributed by atoms with Crippen LogP contribution in [0.1, 0.15) is 11.1 Å². The highest BCUT2D eigenvalue weighted by molar-refractivity contribution is 9.10. The van der Waals surface area contributed by atoms with Crippen LogP contribution < -0.4 is 4.90 Å². The lowest BCUT2D eigenvalue weighted by molar-refractivity contribution is 0.385. The number of rotatable bonds is 4. The van der Waals surface area contributed by atoms with E-state index in [0.29, 0.717) is 31.1 Å². The van der Waals surface area contributed by atoms with Crippen LogP contribution in [0.2, 0.25) is 0 Å². The minimum atomic E-state index is -3.48. The number of halogens is 1. The molecule has 4 rings (SSSR count).